The van der Waals surface area contributed by atoms with Gasteiger partial charge in [-0.2, -0.15) is 0 Å². The Bertz CT molecular complexity index is 1130. The summed E-state index contributed by atoms with van der Waals surface area (Å²) in [6.45, 7) is 3.15. The Morgan fingerprint density at radius 3 is 2.09 bits per heavy atom. The summed E-state index contributed by atoms with van der Waals surface area (Å²) in [5.74, 6) is -0.194. The Morgan fingerprint density at radius 2 is 1.57 bits per heavy atom. The molecule has 0 radical (unpaired) electrons. The van der Waals surface area contributed by atoms with Gasteiger partial charge in [0.1, 0.15) is 5.75 Å². The zero-order chi connectivity index (χ0) is 26.0. The highest BCUT2D eigenvalue weighted by molar-refractivity contribution is 6.27. The second kappa shape index (κ2) is 12.7. The van der Waals surface area contributed by atoms with E-state index in [9.17, 15) is 0 Å². The number of rotatable bonds is 9. The van der Waals surface area contributed by atoms with Crippen molar-refractivity contribution in [1.82, 2.24) is 9.55 Å². The average Bonchev–Trinajstić information content (AvgIpc) is 3.22. The van der Waals surface area contributed by atoms with E-state index in [0.29, 0.717) is 30.4 Å². The van der Waals surface area contributed by atoms with Gasteiger partial charge in [0.05, 0.1) is 39.8 Å². The van der Waals surface area contributed by atoms with Crippen molar-refractivity contribution in [1.29, 1.82) is 0 Å². The van der Waals surface area contributed by atoms with Crippen LogP contribution in [-0.4, -0.2) is 59.6 Å². The van der Waals surface area contributed by atoms with Crippen molar-refractivity contribution in [3.63, 3.8) is 0 Å². The van der Waals surface area contributed by atoms with Gasteiger partial charge in [-0.05, 0) is 43.3 Å². The van der Waals surface area contributed by atoms with Crippen molar-refractivity contribution >= 4 is 17.9 Å². The molecule has 0 bridgehead atoms. The minimum Gasteiger partial charge on any atom is -0.494 e. The van der Waals surface area contributed by atoms with Crippen LogP contribution < -0.4 is 24.3 Å². The zero-order valence-corrected chi connectivity index (χ0v) is 20.2. The third kappa shape index (κ3) is 6.79. The van der Waals surface area contributed by atoms with Gasteiger partial charge in [0.15, 0.2) is 11.5 Å². The van der Waals surface area contributed by atoms with Gasteiger partial charge in [-0.15, -0.1) is 0 Å². The van der Waals surface area contributed by atoms with Crippen molar-refractivity contribution in [3.8, 4) is 34.3 Å². The monoisotopic (exact) mass is 487 g/mol. The van der Waals surface area contributed by atoms with E-state index in [2.05, 4.69) is 10.3 Å². The molecule has 0 atom stereocenters. The summed E-state index contributed by atoms with van der Waals surface area (Å²) in [4.78, 5) is 22.7. The lowest BCUT2D eigenvalue weighted by Crippen LogP contribution is -2.09. The largest absolute Gasteiger partial charge is 0.494 e. The van der Waals surface area contributed by atoms with Gasteiger partial charge >= 0.3 is 11.9 Å². The van der Waals surface area contributed by atoms with E-state index in [4.69, 9.17) is 38.7 Å². The third-order valence-corrected chi connectivity index (χ3v) is 4.85. The van der Waals surface area contributed by atoms with E-state index in [1.54, 1.807) is 21.3 Å². The Hall–Kier alpha value is -4.41. The number of hydrogen-bond donors (Lipinski definition) is 3. The molecule has 0 spiro atoms. The van der Waals surface area contributed by atoms with Gasteiger partial charge < -0.3 is 39.0 Å². The van der Waals surface area contributed by atoms with E-state index < -0.39 is 11.9 Å². The number of benzene rings is 2. The normalized spacial score (nSPS) is 9.97. The highest BCUT2D eigenvalue weighted by Gasteiger charge is 2.16. The molecule has 11 nitrogen and oxygen atoms in total. The first kappa shape index (κ1) is 26.8. The standard InChI is InChI=1S/C22H27N3O4.C2H2O4/c1-6-29-17-10-7-15(8-11-17)18-14-24-22(25(18)2)23-13-16-9-12-19(26-3)21(28-5)20(16)27-4;3-1(4)2(5)6/h7-12,14H,6,13H2,1-5H3,(H,23,24);(H,3,4)(H,5,6). The van der Waals surface area contributed by atoms with Gasteiger partial charge in [0.25, 0.3) is 0 Å². The molecule has 0 saturated carbocycles. The van der Waals surface area contributed by atoms with Crippen LogP contribution in [0.4, 0.5) is 5.95 Å². The van der Waals surface area contributed by atoms with E-state index >= 15 is 0 Å². The van der Waals surface area contributed by atoms with Crippen LogP contribution in [0.25, 0.3) is 11.3 Å². The van der Waals surface area contributed by atoms with Crippen molar-refractivity contribution in [2.45, 2.75) is 13.5 Å². The van der Waals surface area contributed by atoms with E-state index in [0.717, 1.165) is 28.5 Å². The first-order chi connectivity index (χ1) is 16.8. The molecule has 1 heterocycles. The fraction of sp³-hybridized carbons (Fsp3) is 0.292. The second-order valence-electron chi connectivity index (χ2n) is 6.94. The van der Waals surface area contributed by atoms with Gasteiger partial charge in [-0.25, -0.2) is 14.6 Å². The Balaban J connectivity index is 0.000000641. The summed E-state index contributed by atoms with van der Waals surface area (Å²) in [5, 5.41) is 18.1. The molecule has 0 saturated heterocycles. The highest BCUT2D eigenvalue weighted by Crippen LogP contribution is 2.40. The van der Waals surface area contributed by atoms with Crippen LogP contribution in [0.5, 0.6) is 23.0 Å². The maximum atomic E-state index is 9.10. The summed E-state index contributed by atoms with van der Waals surface area (Å²) in [7, 11) is 6.80. The number of carboxylic acids is 2. The van der Waals surface area contributed by atoms with Crippen LogP contribution in [0.15, 0.2) is 42.6 Å². The molecule has 0 aliphatic heterocycles. The third-order valence-electron chi connectivity index (χ3n) is 4.85. The molecule has 0 aliphatic carbocycles. The maximum absolute atomic E-state index is 9.10. The Kier molecular flexibility index (Phi) is 9.76. The van der Waals surface area contributed by atoms with E-state index in [-0.39, 0.29) is 0 Å². The van der Waals surface area contributed by atoms with Gasteiger partial charge in [0.2, 0.25) is 11.7 Å². The number of aliphatic carboxylic acids is 2. The van der Waals surface area contributed by atoms with Crippen molar-refractivity contribution in [3.05, 3.63) is 48.2 Å². The molecule has 188 valence electrons. The van der Waals surface area contributed by atoms with Crippen LogP contribution in [0.2, 0.25) is 0 Å². The van der Waals surface area contributed by atoms with E-state index in [1.807, 2.05) is 61.1 Å². The molecule has 0 aliphatic rings. The number of methoxy groups -OCH3 is 3. The first-order valence-corrected chi connectivity index (χ1v) is 10.5. The molecule has 3 aromatic rings. The smallest absolute Gasteiger partial charge is 0.414 e. The molecule has 2 aromatic carbocycles. The minimum absolute atomic E-state index is 0.525. The molecule has 0 unspecified atom stereocenters. The highest BCUT2D eigenvalue weighted by atomic mass is 16.5. The van der Waals surface area contributed by atoms with Crippen molar-refractivity contribution in [2.24, 2.45) is 7.05 Å². The second-order valence-corrected chi connectivity index (χ2v) is 6.94. The van der Waals surface area contributed by atoms with Crippen LogP contribution in [0.3, 0.4) is 0 Å². The average molecular weight is 488 g/mol. The first-order valence-electron chi connectivity index (χ1n) is 10.5. The lowest BCUT2D eigenvalue weighted by Gasteiger charge is -2.16. The topological polar surface area (TPSA) is 141 Å². The van der Waals surface area contributed by atoms with Crippen LogP contribution in [0, 0.1) is 0 Å². The number of carbonyl (C=O) groups is 2. The number of nitrogens with zero attached hydrogens (tertiary/aromatic N) is 2. The van der Waals surface area contributed by atoms with Crippen molar-refractivity contribution in [2.75, 3.05) is 33.3 Å². The molecule has 35 heavy (non-hydrogen) atoms. The molecule has 3 N–H and O–H groups in total. The lowest BCUT2D eigenvalue weighted by atomic mass is 10.1. The molecule has 3 rings (SSSR count). The summed E-state index contributed by atoms with van der Waals surface area (Å²) in [6, 6.07) is 11.8. The van der Waals surface area contributed by atoms with Crippen molar-refractivity contribution < 1.29 is 38.7 Å². The number of carboxylic acid groups (broad SMARTS) is 2. The molecule has 0 amide bonds. The number of hydrogen-bond acceptors (Lipinski definition) is 8. The molecule has 1 aromatic heterocycles. The molecular weight excluding hydrogens is 458 g/mol. The quantitative estimate of drug-likeness (QED) is 0.385. The van der Waals surface area contributed by atoms with Gasteiger partial charge in [-0.3, -0.25) is 0 Å². The SMILES string of the molecule is CCOc1ccc(-c2cnc(NCc3ccc(OC)c(OC)c3OC)n2C)cc1.O=C(O)C(=O)O. The fourth-order valence-electron chi connectivity index (χ4n) is 3.21. The fourth-order valence-corrected chi connectivity index (χ4v) is 3.21. The van der Waals surface area contributed by atoms with Crippen LogP contribution in [-0.2, 0) is 23.2 Å². The van der Waals surface area contributed by atoms with Crippen LogP contribution >= 0.6 is 0 Å². The zero-order valence-electron chi connectivity index (χ0n) is 20.2. The Labute approximate surface area is 202 Å². The van der Waals surface area contributed by atoms with Gasteiger partial charge in [-0.1, -0.05) is 0 Å². The lowest BCUT2D eigenvalue weighted by molar-refractivity contribution is -0.159. The Morgan fingerprint density at radius 1 is 0.943 bits per heavy atom. The van der Waals surface area contributed by atoms with E-state index in [1.165, 1.54) is 0 Å². The van der Waals surface area contributed by atoms with Gasteiger partial charge in [0, 0.05) is 24.7 Å². The van der Waals surface area contributed by atoms with Crippen LogP contribution in [0.1, 0.15) is 12.5 Å². The summed E-state index contributed by atoms with van der Waals surface area (Å²) in [6.07, 6.45) is 1.85. The minimum atomic E-state index is -1.82. The summed E-state index contributed by atoms with van der Waals surface area (Å²) >= 11 is 0. The number of aromatic nitrogens is 2. The number of anilines is 1. The predicted molar refractivity (Wildman–Crippen MR) is 129 cm³/mol. The predicted octanol–water partition coefficient (Wildman–Crippen LogP) is 3.28. The number of ether oxygens (including phenoxy) is 4. The molecule has 11 heteroatoms. The number of nitrogens with one attached hydrogen (secondary N) is 1. The number of imidazole rings is 1. The summed E-state index contributed by atoms with van der Waals surface area (Å²) < 4.78 is 23.9. The maximum Gasteiger partial charge on any atom is 0.414 e. The summed E-state index contributed by atoms with van der Waals surface area (Å²) in [5.41, 5.74) is 3.02. The molecule has 0 fully saturated rings. The molecular formula is C24H29N3O8.